The molecular weight excluding hydrogens is 216 g/mol. The van der Waals surface area contributed by atoms with Gasteiger partial charge in [-0.15, -0.1) is 0 Å². The van der Waals surface area contributed by atoms with Crippen LogP contribution in [-0.2, 0) is 19.1 Å². The van der Waals surface area contributed by atoms with Crippen LogP contribution in [0.5, 0.6) is 0 Å². The van der Waals surface area contributed by atoms with Gasteiger partial charge in [-0.05, 0) is 12.8 Å². The highest BCUT2D eigenvalue weighted by Crippen LogP contribution is 2.27. The van der Waals surface area contributed by atoms with E-state index in [1.165, 1.54) is 0 Å². The fourth-order valence-electron chi connectivity index (χ4n) is 1.28. The maximum absolute atomic E-state index is 11.0. The minimum atomic E-state index is -3.46. The normalized spacial score (nSPS) is 15.9. The SMILES string of the molecule is CCCCC(C=O)(CC)COS(C)(=O)=O. The van der Waals surface area contributed by atoms with Crippen molar-refractivity contribution in [2.45, 2.75) is 39.5 Å². The smallest absolute Gasteiger partial charge is 0.264 e. The summed E-state index contributed by atoms with van der Waals surface area (Å²) in [6.45, 7) is 3.87. The predicted molar refractivity (Wildman–Crippen MR) is 59.1 cm³/mol. The monoisotopic (exact) mass is 236 g/mol. The Morgan fingerprint density at radius 2 is 1.93 bits per heavy atom. The van der Waals surface area contributed by atoms with Crippen LogP contribution in [0.15, 0.2) is 0 Å². The lowest BCUT2D eigenvalue weighted by atomic mass is 9.83. The average Bonchev–Trinajstić information content (AvgIpc) is 2.18. The number of carbonyl (C=O) groups is 1. The van der Waals surface area contributed by atoms with E-state index in [1.807, 2.05) is 13.8 Å². The van der Waals surface area contributed by atoms with Crippen molar-refractivity contribution >= 4 is 16.4 Å². The van der Waals surface area contributed by atoms with Gasteiger partial charge >= 0.3 is 0 Å². The molecule has 0 amide bonds. The van der Waals surface area contributed by atoms with Crippen molar-refractivity contribution in [2.75, 3.05) is 12.9 Å². The largest absolute Gasteiger partial charge is 0.303 e. The van der Waals surface area contributed by atoms with Crippen LogP contribution in [0.4, 0.5) is 0 Å². The highest BCUT2D eigenvalue weighted by Gasteiger charge is 2.29. The first-order valence-corrected chi connectivity index (χ1v) is 7.01. The summed E-state index contributed by atoms with van der Waals surface area (Å²) >= 11 is 0. The van der Waals surface area contributed by atoms with Gasteiger partial charge in [-0.2, -0.15) is 8.42 Å². The Hall–Kier alpha value is -0.420. The van der Waals surface area contributed by atoms with Crippen molar-refractivity contribution in [3.63, 3.8) is 0 Å². The summed E-state index contributed by atoms with van der Waals surface area (Å²) in [4.78, 5) is 11.0. The van der Waals surface area contributed by atoms with Gasteiger partial charge in [0.05, 0.1) is 18.3 Å². The Morgan fingerprint density at radius 1 is 1.33 bits per heavy atom. The lowest BCUT2D eigenvalue weighted by Gasteiger charge is -2.25. The summed E-state index contributed by atoms with van der Waals surface area (Å²) in [7, 11) is -3.46. The molecule has 0 radical (unpaired) electrons. The minimum absolute atomic E-state index is 0.0359. The third-order valence-corrected chi connectivity index (χ3v) is 3.09. The molecule has 0 N–H and O–H groups in total. The summed E-state index contributed by atoms with van der Waals surface area (Å²) in [5.74, 6) is 0. The number of hydrogen-bond donors (Lipinski definition) is 0. The second-order valence-corrected chi connectivity index (χ2v) is 5.55. The van der Waals surface area contributed by atoms with Crippen LogP contribution in [0.3, 0.4) is 0 Å². The Kier molecular flexibility index (Phi) is 6.05. The summed E-state index contributed by atoms with van der Waals surface area (Å²) in [5, 5.41) is 0. The molecule has 0 aliphatic rings. The van der Waals surface area contributed by atoms with Crippen LogP contribution in [0, 0.1) is 5.41 Å². The maximum atomic E-state index is 11.0. The molecule has 0 bridgehead atoms. The van der Waals surface area contributed by atoms with Gasteiger partial charge in [0.15, 0.2) is 0 Å². The van der Waals surface area contributed by atoms with Crippen molar-refractivity contribution in [3.05, 3.63) is 0 Å². The van der Waals surface area contributed by atoms with Gasteiger partial charge in [0.1, 0.15) is 6.29 Å². The van der Waals surface area contributed by atoms with Gasteiger partial charge in [0.25, 0.3) is 10.1 Å². The molecule has 0 saturated carbocycles. The Balaban J connectivity index is 4.43. The zero-order chi connectivity index (χ0) is 11.9. The quantitative estimate of drug-likeness (QED) is 0.476. The second-order valence-electron chi connectivity index (χ2n) is 3.90. The van der Waals surface area contributed by atoms with E-state index in [2.05, 4.69) is 0 Å². The average molecular weight is 236 g/mol. The van der Waals surface area contributed by atoms with Crippen LogP contribution < -0.4 is 0 Å². The molecule has 5 heteroatoms. The fraction of sp³-hybridized carbons (Fsp3) is 0.900. The fourth-order valence-corrected chi connectivity index (χ4v) is 1.73. The van der Waals surface area contributed by atoms with Crippen molar-refractivity contribution in [1.82, 2.24) is 0 Å². The Labute approximate surface area is 92.1 Å². The molecular formula is C10H20O4S. The summed E-state index contributed by atoms with van der Waals surface area (Å²) in [6, 6.07) is 0. The molecule has 0 aromatic heterocycles. The van der Waals surface area contributed by atoms with E-state index in [0.29, 0.717) is 12.8 Å². The number of rotatable bonds is 8. The molecule has 0 aliphatic carbocycles. The van der Waals surface area contributed by atoms with Crippen LogP contribution in [0.2, 0.25) is 0 Å². The van der Waals surface area contributed by atoms with E-state index in [9.17, 15) is 13.2 Å². The summed E-state index contributed by atoms with van der Waals surface area (Å²) in [6.07, 6.45) is 4.99. The maximum Gasteiger partial charge on any atom is 0.264 e. The molecule has 0 heterocycles. The van der Waals surface area contributed by atoms with E-state index in [0.717, 1.165) is 25.4 Å². The molecule has 0 aliphatic heterocycles. The van der Waals surface area contributed by atoms with Crippen LogP contribution in [0.25, 0.3) is 0 Å². The van der Waals surface area contributed by atoms with Gasteiger partial charge in [-0.25, -0.2) is 0 Å². The van der Waals surface area contributed by atoms with E-state index in [4.69, 9.17) is 4.18 Å². The van der Waals surface area contributed by atoms with Crippen LogP contribution in [-0.4, -0.2) is 27.6 Å². The van der Waals surface area contributed by atoms with E-state index >= 15 is 0 Å². The van der Waals surface area contributed by atoms with Gasteiger partial charge in [-0.3, -0.25) is 4.18 Å². The van der Waals surface area contributed by atoms with E-state index in [1.54, 1.807) is 0 Å². The zero-order valence-electron chi connectivity index (χ0n) is 9.65. The zero-order valence-corrected chi connectivity index (χ0v) is 10.5. The van der Waals surface area contributed by atoms with Gasteiger partial charge in [-0.1, -0.05) is 26.7 Å². The number of unbranched alkanes of at least 4 members (excludes halogenated alkanes) is 1. The molecule has 4 nitrogen and oxygen atoms in total. The van der Waals surface area contributed by atoms with E-state index in [-0.39, 0.29) is 6.61 Å². The predicted octanol–water partition coefficient (Wildman–Crippen LogP) is 1.75. The standard InChI is InChI=1S/C10H20O4S/c1-4-6-7-10(5-2,8-11)9-14-15(3,12)13/h8H,4-7,9H2,1-3H3. The molecule has 1 atom stereocenters. The first-order valence-electron chi connectivity index (χ1n) is 5.20. The van der Waals surface area contributed by atoms with Crippen LogP contribution in [0.1, 0.15) is 39.5 Å². The highest BCUT2D eigenvalue weighted by atomic mass is 32.2. The van der Waals surface area contributed by atoms with Gasteiger partial charge in [0, 0.05) is 0 Å². The highest BCUT2D eigenvalue weighted by molar-refractivity contribution is 7.85. The molecule has 0 aromatic carbocycles. The molecule has 0 fully saturated rings. The second kappa shape index (κ2) is 6.23. The third kappa shape index (κ3) is 5.89. The Morgan fingerprint density at radius 3 is 2.27 bits per heavy atom. The molecule has 0 saturated heterocycles. The van der Waals surface area contributed by atoms with Crippen LogP contribution >= 0.6 is 0 Å². The van der Waals surface area contributed by atoms with E-state index < -0.39 is 15.5 Å². The number of carbonyl (C=O) groups excluding carboxylic acids is 1. The Bertz CT molecular complexity index is 284. The molecule has 0 aromatic rings. The molecule has 90 valence electrons. The van der Waals surface area contributed by atoms with Crippen molar-refractivity contribution in [3.8, 4) is 0 Å². The summed E-state index contributed by atoms with van der Waals surface area (Å²) < 4.78 is 26.4. The summed E-state index contributed by atoms with van der Waals surface area (Å²) in [5.41, 5.74) is -0.640. The topological polar surface area (TPSA) is 60.4 Å². The molecule has 1 unspecified atom stereocenters. The number of hydrogen-bond acceptors (Lipinski definition) is 4. The van der Waals surface area contributed by atoms with Gasteiger partial charge < -0.3 is 4.79 Å². The lowest BCUT2D eigenvalue weighted by Crippen LogP contribution is -2.29. The number of aldehydes is 1. The first-order chi connectivity index (χ1) is 6.89. The van der Waals surface area contributed by atoms with Crippen molar-refractivity contribution in [1.29, 1.82) is 0 Å². The van der Waals surface area contributed by atoms with Crippen molar-refractivity contribution in [2.24, 2.45) is 5.41 Å². The third-order valence-electron chi connectivity index (χ3n) is 2.54. The van der Waals surface area contributed by atoms with Gasteiger partial charge in [0.2, 0.25) is 0 Å². The molecule has 0 spiro atoms. The van der Waals surface area contributed by atoms with Crippen molar-refractivity contribution < 1.29 is 17.4 Å². The first kappa shape index (κ1) is 14.6. The molecule has 0 rings (SSSR count). The lowest BCUT2D eigenvalue weighted by molar-refractivity contribution is -0.118. The minimum Gasteiger partial charge on any atom is -0.303 e. The molecule has 15 heavy (non-hydrogen) atoms.